The second kappa shape index (κ2) is 6.87. The Kier molecular flexibility index (Phi) is 4.37. The van der Waals surface area contributed by atoms with Crippen molar-refractivity contribution < 1.29 is 14.6 Å². The zero-order chi connectivity index (χ0) is 19.7. The standard InChI is InChI=1S/C23H20N2O3/c1-23(24,22(26)27)19-14-18(28-17-10-6-3-7-11-17)12-16-13-20(25-21(16)19)15-8-4-2-5-9-15/h2-14,25H,24H2,1H3,(H,26,27). The fourth-order valence-corrected chi connectivity index (χ4v) is 3.20. The molecule has 0 saturated carbocycles. The maximum absolute atomic E-state index is 11.8. The summed E-state index contributed by atoms with van der Waals surface area (Å²) in [6.45, 7) is 1.49. The van der Waals surface area contributed by atoms with Gasteiger partial charge in [-0.15, -0.1) is 0 Å². The number of benzene rings is 3. The van der Waals surface area contributed by atoms with E-state index in [1.807, 2.05) is 72.8 Å². The number of H-pyrrole nitrogens is 1. The average molecular weight is 372 g/mol. The lowest BCUT2D eigenvalue weighted by molar-refractivity contribution is -0.142. The Labute approximate surface area is 162 Å². The van der Waals surface area contributed by atoms with Crippen LogP contribution in [0.3, 0.4) is 0 Å². The second-order valence-corrected chi connectivity index (χ2v) is 6.91. The Morgan fingerprint density at radius 2 is 1.61 bits per heavy atom. The van der Waals surface area contributed by atoms with Crippen molar-refractivity contribution in [1.82, 2.24) is 4.98 Å². The molecule has 0 aliphatic rings. The molecule has 1 aromatic heterocycles. The maximum atomic E-state index is 11.8. The number of hydrogen-bond acceptors (Lipinski definition) is 3. The third-order valence-corrected chi connectivity index (χ3v) is 4.77. The van der Waals surface area contributed by atoms with Gasteiger partial charge in [-0.25, -0.2) is 4.79 Å². The van der Waals surface area contributed by atoms with Crippen LogP contribution in [0.1, 0.15) is 12.5 Å². The van der Waals surface area contributed by atoms with Crippen LogP contribution in [-0.4, -0.2) is 16.1 Å². The number of fused-ring (bicyclic) bond motifs is 1. The first-order valence-electron chi connectivity index (χ1n) is 8.93. The summed E-state index contributed by atoms with van der Waals surface area (Å²) in [4.78, 5) is 15.2. The minimum atomic E-state index is -1.58. The molecule has 140 valence electrons. The van der Waals surface area contributed by atoms with Crippen LogP contribution in [-0.2, 0) is 10.3 Å². The van der Waals surface area contributed by atoms with E-state index in [4.69, 9.17) is 10.5 Å². The first-order chi connectivity index (χ1) is 13.4. The SMILES string of the molecule is CC(N)(C(=O)O)c1cc(Oc2ccccc2)cc2cc(-c3ccccc3)[nH]c12. The van der Waals surface area contributed by atoms with E-state index >= 15 is 0 Å². The van der Waals surface area contributed by atoms with Crippen molar-refractivity contribution in [3.63, 3.8) is 0 Å². The molecular formula is C23H20N2O3. The molecule has 4 aromatic rings. The van der Waals surface area contributed by atoms with Gasteiger partial charge in [0, 0.05) is 16.6 Å². The first kappa shape index (κ1) is 17.8. The molecule has 0 fully saturated rings. The van der Waals surface area contributed by atoms with Crippen molar-refractivity contribution in [1.29, 1.82) is 0 Å². The molecule has 0 saturated heterocycles. The number of aromatic nitrogens is 1. The van der Waals surface area contributed by atoms with Crippen molar-refractivity contribution in [3.05, 3.63) is 84.4 Å². The maximum Gasteiger partial charge on any atom is 0.328 e. The number of para-hydroxylation sites is 1. The van der Waals surface area contributed by atoms with E-state index in [0.29, 0.717) is 22.6 Å². The predicted octanol–water partition coefficient (Wildman–Crippen LogP) is 4.89. The molecule has 0 amide bonds. The lowest BCUT2D eigenvalue weighted by Gasteiger charge is -2.21. The van der Waals surface area contributed by atoms with Gasteiger partial charge in [0.15, 0.2) is 0 Å². The summed E-state index contributed by atoms with van der Waals surface area (Å²) in [6.07, 6.45) is 0. The molecule has 28 heavy (non-hydrogen) atoms. The average Bonchev–Trinajstić information content (AvgIpc) is 3.12. The molecule has 0 bridgehead atoms. The molecule has 0 radical (unpaired) electrons. The van der Waals surface area contributed by atoms with Gasteiger partial charge in [-0.2, -0.15) is 0 Å². The molecule has 1 unspecified atom stereocenters. The molecule has 4 N–H and O–H groups in total. The number of nitrogens with one attached hydrogen (secondary N) is 1. The highest BCUT2D eigenvalue weighted by molar-refractivity contribution is 5.94. The Morgan fingerprint density at radius 3 is 2.25 bits per heavy atom. The molecule has 0 aliphatic heterocycles. The summed E-state index contributed by atoms with van der Waals surface area (Å²) in [7, 11) is 0. The number of hydrogen-bond donors (Lipinski definition) is 3. The molecule has 1 atom stereocenters. The Morgan fingerprint density at radius 1 is 0.964 bits per heavy atom. The van der Waals surface area contributed by atoms with Gasteiger partial charge in [-0.3, -0.25) is 0 Å². The smallest absolute Gasteiger partial charge is 0.328 e. The number of aliphatic carboxylic acids is 1. The lowest BCUT2D eigenvalue weighted by Crippen LogP contribution is -2.41. The van der Waals surface area contributed by atoms with E-state index in [0.717, 1.165) is 16.6 Å². The van der Waals surface area contributed by atoms with E-state index < -0.39 is 11.5 Å². The number of carboxylic acids is 1. The number of aromatic amines is 1. The lowest BCUT2D eigenvalue weighted by atomic mass is 9.91. The molecule has 5 heteroatoms. The first-order valence-corrected chi connectivity index (χ1v) is 8.93. The summed E-state index contributed by atoms with van der Waals surface area (Å²) in [5.74, 6) is 0.0902. The number of rotatable bonds is 5. The van der Waals surface area contributed by atoms with Gasteiger partial charge in [0.1, 0.15) is 17.0 Å². The van der Waals surface area contributed by atoms with Crippen molar-refractivity contribution in [2.24, 2.45) is 5.73 Å². The number of nitrogens with two attached hydrogens (primary N) is 1. The predicted molar refractivity (Wildman–Crippen MR) is 109 cm³/mol. The van der Waals surface area contributed by atoms with Crippen molar-refractivity contribution in [2.45, 2.75) is 12.5 Å². The van der Waals surface area contributed by atoms with Crippen molar-refractivity contribution >= 4 is 16.9 Å². The van der Waals surface area contributed by atoms with E-state index in [1.54, 1.807) is 6.07 Å². The highest BCUT2D eigenvalue weighted by Gasteiger charge is 2.33. The Balaban J connectivity index is 1.89. The monoisotopic (exact) mass is 372 g/mol. The van der Waals surface area contributed by atoms with Gasteiger partial charge in [-0.05, 0) is 42.8 Å². The van der Waals surface area contributed by atoms with Gasteiger partial charge >= 0.3 is 5.97 Å². The normalized spacial score (nSPS) is 13.2. The molecule has 1 heterocycles. The third kappa shape index (κ3) is 3.23. The third-order valence-electron chi connectivity index (χ3n) is 4.77. The topological polar surface area (TPSA) is 88.3 Å². The van der Waals surface area contributed by atoms with Gasteiger partial charge in [0.2, 0.25) is 0 Å². The van der Waals surface area contributed by atoms with Crippen LogP contribution < -0.4 is 10.5 Å². The van der Waals surface area contributed by atoms with Crippen molar-refractivity contribution in [2.75, 3.05) is 0 Å². The molecule has 5 nitrogen and oxygen atoms in total. The van der Waals surface area contributed by atoms with E-state index in [-0.39, 0.29) is 0 Å². The van der Waals surface area contributed by atoms with Crippen LogP contribution in [0.2, 0.25) is 0 Å². The Bertz CT molecular complexity index is 1130. The van der Waals surface area contributed by atoms with Gasteiger partial charge in [0.05, 0.1) is 5.52 Å². The highest BCUT2D eigenvalue weighted by atomic mass is 16.5. The minimum Gasteiger partial charge on any atom is -0.480 e. The second-order valence-electron chi connectivity index (χ2n) is 6.91. The summed E-state index contributed by atoms with van der Waals surface area (Å²) < 4.78 is 5.95. The fraction of sp³-hybridized carbons (Fsp3) is 0.0870. The summed E-state index contributed by atoms with van der Waals surface area (Å²) >= 11 is 0. The Hall–Kier alpha value is -3.57. The van der Waals surface area contributed by atoms with E-state index in [1.165, 1.54) is 6.92 Å². The minimum absolute atomic E-state index is 0.464. The van der Waals surface area contributed by atoms with Crippen LogP contribution in [0, 0.1) is 0 Å². The zero-order valence-corrected chi connectivity index (χ0v) is 15.3. The number of ether oxygens (including phenoxy) is 1. The van der Waals surface area contributed by atoms with E-state index in [2.05, 4.69) is 4.98 Å². The molecule has 0 aliphatic carbocycles. The van der Waals surface area contributed by atoms with Gasteiger partial charge in [-0.1, -0.05) is 48.5 Å². The molecular weight excluding hydrogens is 352 g/mol. The summed E-state index contributed by atoms with van der Waals surface area (Å²) in [5.41, 5.74) is 7.64. The van der Waals surface area contributed by atoms with Crippen LogP contribution >= 0.6 is 0 Å². The van der Waals surface area contributed by atoms with Crippen molar-refractivity contribution in [3.8, 4) is 22.8 Å². The number of carboxylic acid groups (broad SMARTS) is 1. The highest BCUT2D eigenvalue weighted by Crippen LogP contribution is 2.36. The molecule has 0 spiro atoms. The van der Waals surface area contributed by atoms with Crippen LogP contribution in [0.5, 0.6) is 11.5 Å². The largest absolute Gasteiger partial charge is 0.480 e. The summed E-state index contributed by atoms with van der Waals surface area (Å²) in [6, 6.07) is 24.7. The van der Waals surface area contributed by atoms with Gasteiger partial charge in [0.25, 0.3) is 0 Å². The summed E-state index contributed by atoms with van der Waals surface area (Å²) in [5, 5.41) is 10.5. The van der Waals surface area contributed by atoms with Crippen LogP contribution in [0.25, 0.3) is 22.2 Å². The van der Waals surface area contributed by atoms with Crippen LogP contribution in [0.4, 0.5) is 0 Å². The quantitative estimate of drug-likeness (QED) is 0.465. The molecule has 4 rings (SSSR count). The van der Waals surface area contributed by atoms with Gasteiger partial charge < -0.3 is 20.6 Å². The fourth-order valence-electron chi connectivity index (χ4n) is 3.20. The van der Waals surface area contributed by atoms with Crippen LogP contribution in [0.15, 0.2) is 78.9 Å². The number of carbonyl (C=O) groups is 1. The zero-order valence-electron chi connectivity index (χ0n) is 15.3. The van der Waals surface area contributed by atoms with E-state index in [9.17, 15) is 9.90 Å². The molecule has 3 aromatic carbocycles.